The molecule has 0 aliphatic rings. The average Bonchev–Trinajstić information content (AvgIpc) is 3.17. The normalized spacial score (nSPS) is 10.8. The van der Waals surface area contributed by atoms with Crippen LogP contribution >= 0.6 is 15.9 Å². The number of hydrogen-bond acceptors (Lipinski definition) is 3. The van der Waals surface area contributed by atoms with Gasteiger partial charge in [0.15, 0.2) is 5.82 Å². The van der Waals surface area contributed by atoms with E-state index < -0.39 is 0 Å². The van der Waals surface area contributed by atoms with Gasteiger partial charge < -0.3 is 5.32 Å². The number of anilines is 1. The van der Waals surface area contributed by atoms with Gasteiger partial charge in [-0.25, -0.2) is 9.67 Å². The Morgan fingerprint density at radius 1 is 0.900 bits per heavy atom. The highest BCUT2D eigenvalue weighted by Gasteiger charge is 2.19. The molecule has 1 N–H and O–H groups in total. The van der Waals surface area contributed by atoms with Crippen LogP contribution in [0.3, 0.4) is 0 Å². The molecule has 0 unspecified atom stereocenters. The van der Waals surface area contributed by atoms with Crippen LogP contribution in [-0.2, 0) is 0 Å². The number of hydrogen-bond donors (Lipinski definition) is 1. The lowest BCUT2D eigenvalue weighted by Gasteiger charge is -2.07. The first-order valence-corrected chi connectivity index (χ1v) is 10.4. The molecule has 0 aliphatic heterocycles. The summed E-state index contributed by atoms with van der Waals surface area (Å²) >= 11 is 3.46. The number of rotatable bonds is 4. The van der Waals surface area contributed by atoms with Crippen LogP contribution < -0.4 is 5.32 Å². The first-order valence-electron chi connectivity index (χ1n) is 9.59. The van der Waals surface area contributed by atoms with Gasteiger partial charge in [0, 0.05) is 15.7 Å². The minimum absolute atomic E-state index is 0.120. The molecule has 0 bridgehead atoms. The van der Waals surface area contributed by atoms with Crippen molar-refractivity contribution >= 4 is 27.5 Å². The van der Waals surface area contributed by atoms with Crippen molar-refractivity contribution < 1.29 is 4.79 Å². The Kier molecular flexibility index (Phi) is 5.50. The largest absolute Gasteiger partial charge is 0.319 e. The molecule has 5 nitrogen and oxygen atoms in total. The van der Waals surface area contributed by atoms with E-state index >= 15 is 0 Å². The molecule has 4 aromatic rings. The van der Waals surface area contributed by atoms with Crippen molar-refractivity contribution in [3.63, 3.8) is 0 Å². The summed E-state index contributed by atoms with van der Waals surface area (Å²) < 4.78 is 2.67. The monoisotopic (exact) mass is 460 g/mol. The molecule has 30 heavy (non-hydrogen) atoms. The fourth-order valence-electron chi connectivity index (χ4n) is 3.11. The minimum atomic E-state index is -0.340. The molecule has 0 spiro atoms. The van der Waals surface area contributed by atoms with Gasteiger partial charge in [-0.3, -0.25) is 4.79 Å². The van der Waals surface area contributed by atoms with Gasteiger partial charge in [0.2, 0.25) is 5.82 Å². The number of benzene rings is 3. The molecule has 1 heterocycles. The van der Waals surface area contributed by atoms with E-state index in [-0.39, 0.29) is 11.7 Å². The van der Waals surface area contributed by atoms with Crippen molar-refractivity contribution in [2.24, 2.45) is 0 Å². The van der Waals surface area contributed by atoms with E-state index in [2.05, 4.69) is 31.3 Å². The fraction of sp³-hybridized carbons (Fsp3) is 0.125. The van der Waals surface area contributed by atoms with Crippen molar-refractivity contribution in [2.75, 3.05) is 5.32 Å². The third-order valence-electron chi connectivity index (χ3n) is 4.83. The van der Waals surface area contributed by atoms with Crippen molar-refractivity contribution in [1.82, 2.24) is 14.8 Å². The summed E-state index contributed by atoms with van der Waals surface area (Å²) in [6.45, 7) is 5.98. The molecular formula is C24H21BrN4O. The Morgan fingerprint density at radius 2 is 1.57 bits per heavy atom. The van der Waals surface area contributed by atoms with Gasteiger partial charge in [-0.2, -0.15) is 0 Å². The zero-order valence-electron chi connectivity index (χ0n) is 17.0. The number of nitrogens with one attached hydrogen (secondary N) is 1. The molecule has 1 aromatic heterocycles. The van der Waals surface area contributed by atoms with Crippen molar-refractivity contribution in [1.29, 1.82) is 0 Å². The van der Waals surface area contributed by atoms with E-state index in [1.165, 1.54) is 0 Å². The molecule has 150 valence electrons. The molecule has 4 rings (SSSR count). The van der Waals surface area contributed by atoms with Crippen LogP contribution in [0.15, 0.2) is 71.2 Å². The van der Waals surface area contributed by atoms with E-state index in [9.17, 15) is 4.79 Å². The Hall–Kier alpha value is -3.25. The number of halogens is 1. The number of carbonyl (C=O) groups excluding carboxylic acids is 1. The van der Waals surface area contributed by atoms with Crippen LogP contribution in [0.5, 0.6) is 0 Å². The minimum Gasteiger partial charge on any atom is -0.319 e. The molecule has 0 aliphatic carbocycles. The average molecular weight is 461 g/mol. The van der Waals surface area contributed by atoms with Crippen molar-refractivity contribution in [2.45, 2.75) is 20.8 Å². The third-order valence-corrected chi connectivity index (χ3v) is 5.36. The Balaban J connectivity index is 1.76. The number of carbonyl (C=O) groups is 1. The zero-order valence-corrected chi connectivity index (χ0v) is 18.6. The lowest BCUT2D eigenvalue weighted by Crippen LogP contribution is -2.15. The van der Waals surface area contributed by atoms with Crippen LogP contribution in [-0.4, -0.2) is 20.7 Å². The second kappa shape index (κ2) is 8.24. The van der Waals surface area contributed by atoms with Crippen LogP contribution in [0.1, 0.15) is 27.3 Å². The molecule has 0 radical (unpaired) electrons. The van der Waals surface area contributed by atoms with Gasteiger partial charge in [0.1, 0.15) is 0 Å². The second-order valence-corrected chi connectivity index (χ2v) is 8.20. The quantitative estimate of drug-likeness (QED) is 0.413. The Morgan fingerprint density at radius 3 is 2.27 bits per heavy atom. The van der Waals surface area contributed by atoms with Gasteiger partial charge in [-0.05, 0) is 62.2 Å². The van der Waals surface area contributed by atoms with E-state index in [1.807, 2.05) is 87.5 Å². The van der Waals surface area contributed by atoms with E-state index in [0.717, 1.165) is 38.1 Å². The molecule has 0 saturated heterocycles. The van der Waals surface area contributed by atoms with Crippen molar-refractivity contribution in [3.8, 4) is 17.1 Å². The number of nitrogens with zero attached hydrogens (tertiary/aromatic N) is 3. The lowest BCUT2D eigenvalue weighted by molar-refractivity contribution is 0.101. The van der Waals surface area contributed by atoms with E-state index in [1.54, 1.807) is 4.68 Å². The smallest absolute Gasteiger partial charge is 0.295 e. The summed E-state index contributed by atoms with van der Waals surface area (Å²) in [7, 11) is 0. The maximum Gasteiger partial charge on any atom is 0.295 e. The number of aromatic nitrogens is 3. The number of aryl methyl sites for hydroxylation is 3. The molecule has 0 saturated carbocycles. The SMILES string of the molecule is Cc1ccc(-c2nc(C(=O)Nc3cc(C)ccc3C)nn2-c2ccc(Br)cc2)cc1. The summed E-state index contributed by atoms with van der Waals surface area (Å²) in [5.41, 5.74) is 5.69. The lowest BCUT2D eigenvalue weighted by atomic mass is 10.1. The summed E-state index contributed by atoms with van der Waals surface area (Å²) in [6, 6.07) is 21.7. The van der Waals surface area contributed by atoms with Crippen molar-refractivity contribution in [3.05, 3.63) is 93.7 Å². The van der Waals surface area contributed by atoms with Gasteiger partial charge in [-0.15, -0.1) is 5.10 Å². The predicted octanol–water partition coefficient (Wildman–Crippen LogP) is 5.87. The first kappa shape index (κ1) is 20.0. The molecule has 0 fully saturated rings. The Labute approximate surface area is 183 Å². The molecule has 1 amide bonds. The molecule has 3 aromatic carbocycles. The summed E-state index contributed by atoms with van der Waals surface area (Å²) in [4.78, 5) is 17.5. The summed E-state index contributed by atoms with van der Waals surface area (Å²) in [5, 5.41) is 7.48. The maximum absolute atomic E-state index is 13.0. The molecule has 6 heteroatoms. The van der Waals surface area contributed by atoms with Crippen LogP contribution in [0.25, 0.3) is 17.1 Å². The van der Waals surface area contributed by atoms with Crippen LogP contribution in [0.2, 0.25) is 0 Å². The highest BCUT2D eigenvalue weighted by atomic mass is 79.9. The van der Waals surface area contributed by atoms with Crippen LogP contribution in [0.4, 0.5) is 5.69 Å². The first-order chi connectivity index (χ1) is 14.4. The maximum atomic E-state index is 13.0. The van der Waals surface area contributed by atoms with Crippen LogP contribution in [0, 0.1) is 20.8 Å². The summed E-state index contributed by atoms with van der Waals surface area (Å²) in [6.07, 6.45) is 0. The summed E-state index contributed by atoms with van der Waals surface area (Å²) in [5.74, 6) is 0.394. The van der Waals surface area contributed by atoms with E-state index in [4.69, 9.17) is 0 Å². The fourth-order valence-corrected chi connectivity index (χ4v) is 3.37. The topological polar surface area (TPSA) is 59.8 Å². The second-order valence-electron chi connectivity index (χ2n) is 7.29. The van der Waals surface area contributed by atoms with Gasteiger partial charge in [0.05, 0.1) is 5.69 Å². The molecular weight excluding hydrogens is 440 g/mol. The van der Waals surface area contributed by atoms with E-state index in [0.29, 0.717) is 5.82 Å². The van der Waals surface area contributed by atoms with Gasteiger partial charge >= 0.3 is 0 Å². The molecule has 0 atom stereocenters. The van der Waals surface area contributed by atoms with Gasteiger partial charge in [0.25, 0.3) is 5.91 Å². The third kappa shape index (κ3) is 4.19. The number of amides is 1. The zero-order chi connectivity index (χ0) is 21.3. The highest BCUT2D eigenvalue weighted by Crippen LogP contribution is 2.24. The highest BCUT2D eigenvalue weighted by molar-refractivity contribution is 9.10. The van der Waals surface area contributed by atoms with Gasteiger partial charge in [-0.1, -0.05) is 57.9 Å². The Bertz CT molecular complexity index is 1150. The standard InChI is InChI=1S/C24H21BrN4O/c1-15-5-8-18(9-6-15)23-27-22(28-29(23)20-12-10-19(25)11-13-20)24(30)26-21-14-16(2)4-7-17(21)3/h4-14H,1-3H3,(H,26,30). The predicted molar refractivity (Wildman–Crippen MR) is 123 cm³/mol.